The highest BCUT2D eigenvalue weighted by Gasteiger charge is 2.15. The lowest BCUT2D eigenvalue weighted by Crippen LogP contribution is -2.44. The topological polar surface area (TPSA) is 41.0 Å². The Hall–Kier alpha value is -0.910. The minimum absolute atomic E-state index is 0.689. The van der Waals surface area contributed by atoms with Crippen LogP contribution in [0.2, 0.25) is 5.02 Å². The van der Waals surface area contributed by atoms with Crippen LogP contribution < -0.4 is 10.2 Å². The van der Waals surface area contributed by atoms with Crippen LogP contribution in [0.4, 0.5) is 5.82 Å². The van der Waals surface area contributed by atoms with Gasteiger partial charge in [-0.25, -0.2) is 9.97 Å². The van der Waals surface area contributed by atoms with Crippen LogP contribution in [0.3, 0.4) is 0 Å². The number of anilines is 1. The minimum atomic E-state index is 0.689. The summed E-state index contributed by atoms with van der Waals surface area (Å²) in [6.07, 6.45) is 1.61. The van der Waals surface area contributed by atoms with Gasteiger partial charge in [0, 0.05) is 36.0 Å². The molecular formula is C12H12BrClN4. The number of rotatable bonds is 1. The summed E-state index contributed by atoms with van der Waals surface area (Å²) in [6.45, 7) is 3.88. The Morgan fingerprint density at radius 3 is 2.78 bits per heavy atom. The number of benzene rings is 1. The van der Waals surface area contributed by atoms with Gasteiger partial charge in [-0.2, -0.15) is 0 Å². The maximum Gasteiger partial charge on any atom is 0.140 e. The van der Waals surface area contributed by atoms with E-state index in [1.54, 1.807) is 6.33 Å². The van der Waals surface area contributed by atoms with Crippen molar-refractivity contribution < 1.29 is 0 Å². The van der Waals surface area contributed by atoms with Gasteiger partial charge in [0.05, 0.1) is 10.5 Å². The van der Waals surface area contributed by atoms with Crippen molar-refractivity contribution in [2.75, 3.05) is 31.1 Å². The van der Waals surface area contributed by atoms with Crippen LogP contribution in [0, 0.1) is 0 Å². The zero-order valence-corrected chi connectivity index (χ0v) is 12.0. The predicted molar refractivity (Wildman–Crippen MR) is 77.3 cm³/mol. The van der Waals surface area contributed by atoms with Crippen LogP contribution >= 0.6 is 27.5 Å². The van der Waals surface area contributed by atoms with E-state index in [9.17, 15) is 0 Å². The van der Waals surface area contributed by atoms with Gasteiger partial charge in [-0.1, -0.05) is 11.6 Å². The fourth-order valence-corrected chi connectivity index (χ4v) is 2.66. The molecule has 3 rings (SSSR count). The molecule has 1 N–H and O–H groups in total. The molecule has 0 amide bonds. The van der Waals surface area contributed by atoms with Gasteiger partial charge < -0.3 is 10.2 Å². The van der Waals surface area contributed by atoms with E-state index < -0.39 is 0 Å². The second kappa shape index (κ2) is 4.99. The Kier molecular flexibility index (Phi) is 3.37. The summed E-state index contributed by atoms with van der Waals surface area (Å²) in [4.78, 5) is 11.0. The van der Waals surface area contributed by atoms with Gasteiger partial charge in [-0.05, 0) is 28.1 Å². The summed E-state index contributed by atoms with van der Waals surface area (Å²) in [5, 5.41) is 5.03. The number of hydrogen-bond donors (Lipinski definition) is 1. The Bertz CT molecular complexity index is 584. The first-order valence-corrected chi connectivity index (χ1v) is 6.98. The van der Waals surface area contributed by atoms with E-state index in [4.69, 9.17) is 11.6 Å². The molecule has 1 aliphatic heterocycles. The van der Waals surface area contributed by atoms with Crippen molar-refractivity contribution in [1.29, 1.82) is 0 Å². The first-order valence-electron chi connectivity index (χ1n) is 5.81. The normalized spacial score (nSPS) is 16.2. The van der Waals surface area contributed by atoms with Crippen LogP contribution in [-0.4, -0.2) is 36.1 Å². The molecule has 0 saturated carbocycles. The molecule has 1 aromatic heterocycles. The number of nitrogens with zero attached hydrogens (tertiary/aromatic N) is 3. The summed E-state index contributed by atoms with van der Waals surface area (Å²) >= 11 is 9.59. The number of hydrogen-bond acceptors (Lipinski definition) is 4. The second-order valence-electron chi connectivity index (χ2n) is 4.22. The van der Waals surface area contributed by atoms with Crippen LogP contribution in [-0.2, 0) is 0 Å². The zero-order valence-electron chi connectivity index (χ0n) is 9.66. The number of aromatic nitrogens is 2. The van der Waals surface area contributed by atoms with Crippen molar-refractivity contribution in [2.45, 2.75) is 0 Å². The molecule has 1 aliphatic rings. The summed E-state index contributed by atoms with van der Waals surface area (Å²) in [5.41, 5.74) is 0.912. The molecule has 0 aliphatic carbocycles. The van der Waals surface area contributed by atoms with Crippen LogP contribution in [0.15, 0.2) is 22.9 Å². The standard InChI is InChI=1S/C12H12BrClN4/c13-9-6-11-8(5-10(9)14)12(17-7-16-11)18-3-1-15-2-4-18/h5-7,15H,1-4H2. The molecule has 0 bridgehead atoms. The average molecular weight is 328 g/mol. The third kappa shape index (κ3) is 2.18. The highest BCUT2D eigenvalue weighted by atomic mass is 79.9. The number of piperazine rings is 1. The van der Waals surface area contributed by atoms with Crippen molar-refractivity contribution in [2.24, 2.45) is 0 Å². The summed E-state index contributed by atoms with van der Waals surface area (Å²) in [6, 6.07) is 3.86. The van der Waals surface area contributed by atoms with Gasteiger partial charge in [0.2, 0.25) is 0 Å². The smallest absolute Gasteiger partial charge is 0.140 e. The third-order valence-electron chi connectivity index (χ3n) is 3.07. The minimum Gasteiger partial charge on any atom is -0.353 e. The molecule has 1 saturated heterocycles. The van der Waals surface area contributed by atoms with Gasteiger partial charge in [-0.15, -0.1) is 0 Å². The molecular weight excluding hydrogens is 316 g/mol. The Balaban J connectivity index is 2.13. The van der Waals surface area contributed by atoms with Gasteiger partial charge in [0.25, 0.3) is 0 Å². The van der Waals surface area contributed by atoms with Gasteiger partial charge >= 0.3 is 0 Å². The lowest BCUT2D eigenvalue weighted by atomic mass is 10.2. The van der Waals surface area contributed by atoms with E-state index in [-0.39, 0.29) is 0 Å². The molecule has 2 heterocycles. The first kappa shape index (κ1) is 12.1. The molecule has 94 valence electrons. The largest absolute Gasteiger partial charge is 0.353 e. The lowest BCUT2D eigenvalue weighted by molar-refractivity contribution is 0.586. The van der Waals surface area contributed by atoms with Crippen LogP contribution in [0.25, 0.3) is 10.9 Å². The van der Waals surface area contributed by atoms with E-state index in [0.717, 1.165) is 47.4 Å². The van der Waals surface area contributed by atoms with E-state index in [1.165, 1.54) is 0 Å². The molecule has 0 unspecified atom stereocenters. The Morgan fingerprint density at radius 2 is 2.00 bits per heavy atom. The Labute approximate surface area is 118 Å². The molecule has 0 atom stereocenters. The molecule has 6 heteroatoms. The molecule has 1 fully saturated rings. The van der Waals surface area contributed by atoms with Crippen molar-refractivity contribution in [1.82, 2.24) is 15.3 Å². The van der Waals surface area contributed by atoms with Crippen molar-refractivity contribution in [3.8, 4) is 0 Å². The maximum absolute atomic E-state index is 6.17. The van der Waals surface area contributed by atoms with E-state index >= 15 is 0 Å². The quantitative estimate of drug-likeness (QED) is 0.873. The molecule has 4 nitrogen and oxygen atoms in total. The summed E-state index contributed by atoms with van der Waals surface area (Å²) in [7, 11) is 0. The Morgan fingerprint density at radius 1 is 1.22 bits per heavy atom. The zero-order chi connectivity index (χ0) is 12.5. The highest BCUT2D eigenvalue weighted by Crippen LogP contribution is 2.31. The van der Waals surface area contributed by atoms with E-state index in [1.807, 2.05) is 12.1 Å². The maximum atomic E-state index is 6.17. The number of fused-ring (bicyclic) bond motifs is 1. The van der Waals surface area contributed by atoms with Crippen molar-refractivity contribution in [3.63, 3.8) is 0 Å². The molecule has 2 aromatic rings. The summed E-state index contributed by atoms with van der Waals surface area (Å²) < 4.78 is 0.863. The van der Waals surface area contributed by atoms with Gasteiger partial charge in [0.1, 0.15) is 12.1 Å². The predicted octanol–water partition coefficient (Wildman–Crippen LogP) is 2.46. The van der Waals surface area contributed by atoms with Gasteiger partial charge in [0.15, 0.2) is 0 Å². The van der Waals surface area contributed by atoms with E-state index in [0.29, 0.717) is 5.02 Å². The average Bonchev–Trinajstić information content (AvgIpc) is 2.40. The molecule has 0 spiro atoms. The van der Waals surface area contributed by atoms with Crippen LogP contribution in [0.5, 0.6) is 0 Å². The summed E-state index contributed by atoms with van der Waals surface area (Å²) in [5.74, 6) is 0.968. The highest BCUT2D eigenvalue weighted by molar-refractivity contribution is 9.10. The lowest BCUT2D eigenvalue weighted by Gasteiger charge is -2.29. The SMILES string of the molecule is Clc1cc2c(N3CCNCC3)ncnc2cc1Br. The molecule has 18 heavy (non-hydrogen) atoms. The van der Waals surface area contributed by atoms with Gasteiger partial charge in [-0.3, -0.25) is 0 Å². The van der Waals surface area contributed by atoms with Crippen LogP contribution in [0.1, 0.15) is 0 Å². The fourth-order valence-electron chi connectivity index (χ4n) is 2.17. The second-order valence-corrected chi connectivity index (χ2v) is 5.48. The third-order valence-corrected chi connectivity index (χ3v) is 4.27. The van der Waals surface area contributed by atoms with Crippen molar-refractivity contribution >= 4 is 44.3 Å². The number of nitrogens with one attached hydrogen (secondary N) is 1. The fraction of sp³-hybridized carbons (Fsp3) is 0.333. The van der Waals surface area contributed by atoms with Crippen molar-refractivity contribution in [3.05, 3.63) is 28.0 Å². The molecule has 1 aromatic carbocycles. The van der Waals surface area contributed by atoms with E-state index in [2.05, 4.69) is 36.1 Å². The number of halogens is 2. The monoisotopic (exact) mass is 326 g/mol. The first-order chi connectivity index (χ1) is 8.75. The molecule has 0 radical (unpaired) electrons.